The van der Waals surface area contributed by atoms with E-state index >= 15 is 0 Å². The summed E-state index contributed by atoms with van der Waals surface area (Å²) in [5.41, 5.74) is 0.540. The summed E-state index contributed by atoms with van der Waals surface area (Å²) in [6.07, 6.45) is 2.76. The van der Waals surface area contributed by atoms with E-state index in [0.29, 0.717) is 24.0 Å². The van der Waals surface area contributed by atoms with Crippen molar-refractivity contribution in [2.45, 2.75) is 13.8 Å². The number of aromatic nitrogens is 2. The first-order chi connectivity index (χ1) is 10.1. The number of benzene rings is 1. The van der Waals surface area contributed by atoms with E-state index in [0.717, 1.165) is 0 Å². The molecule has 5 nitrogen and oxygen atoms in total. The van der Waals surface area contributed by atoms with Gasteiger partial charge in [-0.15, -0.1) is 0 Å². The predicted molar refractivity (Wildman–Crippen MR) is 78.9 cm³/mol. The number of nitrogens with zero attached hydrogens (tertiary/aromatic N) is 2. The van der Waals surface area contributed by atoms with Gasteiger partial charge in [0, 0.05) is 6.54 Å². The third-order valence-electron chi connectivity index (χ3n) is 2.69. The summed E-state index contributed by atoms with van der Waals surface area (Å²) in [5, 5.41) is 5.56. The molecule has 0 atom stereocenters. The first-order valence-corrected chi connectivity index (χ1v) is 6.68. The Hall–Kier alpha value is -2.50. The number of para-hydroxylation sites is 1. The summed E-state index contributed by atoms with van der Waals surface area (Å²) in [4.78, 5) is 19.9. The maximum atomic E-state index is 13.5. The number of hydrogen-bond donors (Lipinski definition) is 2. The number of halogens is 1. The van der Waals surface area contributed by atoms with E-state index in [1.807, 2.05) is 13.8 Å². The van der Waals surface area contributed by atoms with Gasteiger partial charge < -0.3 is 10.6 Å². The van der Waals surface area contributed by atoms with Crippen LogP contribution < -0.4 is 10.6 Å². The first-order valence-electron chi connectivity index (χ1n) is 6.68. The third kappa shape index (κ3) is 4.24. The maximum Gasteiger partial charge on any atom is 0.271 e. The molecule has 0 aliphatic rings. The van der Waals surface area contributed by atoms with Gasteiger partial charge in [-0.2, -0.15) is 0 Å². The van der Waals surface area contributed by atoms with Crippen molar-refractivity contribution in [3.05, 3.63) is 48.2 Å². The lowest BCUT2D eigenvalue weighted by Gasteiger charge is -2.08. The normalized spacial score (nSPS) is 10.5. The molecular weight excluding hydrogens is 271 g/mol. The summed E-state index contributed by atoms with van der Waals surface area (Å²) < 4.78 is 13.5. The molecule has 1 amide bonds. The lowest BCUT2D eigenvalue weighted by molar-refractivity contribution is 0.0943. The van der Waals surface area contributed by atoms with E-state index in [9.17, 15) is 9.18 Å². The van der Waals surface area contributed by atoms with Gasteiger partial charge in [0.05, 0.1) is 18.1 Å². The molecule has 0 aliphatic heterocycles. The summed E-state index contributed by atoms with van der Waals surface area (Å²) in [6.45, 7) is 4.59. The smallest absolute Gasteiger partial charge is 0.271 e. The predicted octanol–water partition coefficient (Wildman–Crippen LogP) is 2.75. The van der Waals surface area contributed by atoms with Crippen LogP contribution in [-0.4, -0.2) is 22.4 Å². The lowest BCUT2D eigenvalue weighted by Crippen LogP contribution is -2.28. The molecule has 0 radical (unpaired) electrons. The highest BCUT2D eigenvalue weighted by atomic mass is 19.1. The molecule has 0 saturated carbocycles. The van der Waals surface area contributed by atoms with Crippen molar-refractivity contribution in [3.63, 3.8) is 0 Å². The van der Waals surface area contributed by atoms with E-state index in [4.69, 9.17) is 0 Å². The monoisotopic (exact) mass is 288 g/mol. The van der Waals surface area contributed by atoms with Gasteiger partial charge in [-0.3, -0.25) is 4.79 Å². The van der Waals surface area contributed by atoms with Crippen LogP contribution in [0.25, 0.3) is 0 Å². The number of rotatable bonds is 5. The van der Waals surface area contributed by atoms with E-state index in [2.05, 4.69) is 20.6 Å². The van der Waals surface area contributed by atoms with Crippen molar-refractivity contribution < 1.29 is 9.18 Å². The van der Waals surface area contributed by atoms with Gasteiger partial charge in [0.1, 0.15) is 17.3 Å². The molecule has 0 saturated heterocycles. The number of anilines is 2. The second-order valence-corrected chi connectivity index (χ2v) is 5.00. The lowest BCUT2D eigenvalue weighted by atomic mass is 10.2. The second-order valence-electron chi connectivity index (χ2n) is 5.00. The van der Waals surface area contributed by atoms with Crippen LogP contribution in [0.1, 0.15) is 24.3 Å². The van der Waals surface area contributed by atoms with Crippen LogP contribution in [0.4, 0.5) is 15.9 Å². The number of hydrogen-bond acceptors (Lipinski definition) is 4. The van der Waals surface area contributed by atoms with Gasteiger partial charge in [-0.1, -0.05) is 26.0 Å². The Balaban J connectivity index is 2.02. The van der Waals surface area contributed by atoms with E-state index in [1.165, 1.54) is 18.5 Å². The van der Waals surface area contributed by atoms with Crippen molar-refractivity contribution in [2.75, 3.05) is 11.9 Å². The van der Waals surface area contributed by atoms with Crippen LogP contribution >= 0.6 is 0 Å². The molecule has 1 heterocycles. The molecule has 1 aromatic carbocycles. The van der Waals surface area contributed by atoms with Gasteiger partial charge in [0.25, 0.3) is 5.91 Å². The number of nitrogens with one attached hydrogen (secondary N) is 2. The summed E-state index contributed by atoms with van der Waals surface area (Å²) in [5.74, 6) is 0.0936. The van der Waals surface area contributed by atoms with Crippen LogP contribution in [0.5, 0.6) is 0 Å². The zero-order valence-electron chi connectivity index (χ0n) is 11.9. The molecule has 110 valence electrons. The van der Waals surface area contributed by atoms with E-state index < -0.39 is 0 Å². The van der Waals surface area contributed by atoms with E-state index in [-0.39, 0.29) is 17.4 Å². The minimum Gasteiger partial charge on any atom is -0.350 e. The fourth-order valence-corrected chi connectivity index (χ4v) is 1.60. The molecule has 21 heavy (non-hydrogen) atoms. The van der Waals surface area contributed by atoms with Crippen molar-refractivity contribution in [3.8, 4) is 0 Å². The van der Waals surface area contributed by atoms with Crippen molar-refractivity contribution in [2.24, 2.45) is 5.92 Å². The summed E-state index contributed by atoms with van der Waals surface area (Å²) in [6, 6.07) is 6.27. The minimum absolute atomic E-state index is 0.231. The average Bonchev–Trinajstić information content (AvgIpc) is 2.48. The molecule has 2 rings (SSSR count). The van der Waals surface area contributed by atoms with Gasteiger partial charge in [-0.25, -0.2) is 14.4 Å². The first kappa shape index (κ1) is 14.9. The highest BCUT2D eigenvalue weighted by molar-refractivity contribution is 5.92. The molecule has 0 bridgehead atoms. The molecule has 0 aliphatic carbocycles. The van der Waals surface area contributed by atoms with Crippen LogP contribution in [-0.2, 0) is 0 Å². The number of carbonyl (C=O) groups is 1. The summed E-state index contributed by atoms with van der Waals surface area (Å²) in [7, 11) is 0. The third-order valence-corrected chi connectivity index (χ3v) is 2.69. The molecule has 0 spiro atoms. The molecule has 6 heteroatoms. The Kier molecular flexibility index (Phi) is 4.81. The molecule has 1 aromatic heterocycles. The second kappa shape index (κ2) is 6.78. The Morgan fingerprint density at radius 1 is 1.24 bits per heavy atom. The summed E-state index contributed by atoms with van der Waals surface area (Å²) >= 11 is 0. The number of amides is 1. The van der Waals surface area contributed by atoms with Crippen LogP contribution in [0.2, 0.25) is 0 Å². The number of carbonyl (C=O) groups excluding carboxylic acids is 1. The zero-order chi connectivity index (χ0) is 15.2. The van der Waals surface area contributed by atoms with Gasteiger partial charge in [0.15, 0.2) is 0 Å². The molecular formula is C15H17FN4O. The van der Waals surface area contributed by atoms with Crippen LogP contribution in [0.3, 0.4) is 0 Å². The molecule has 0 unspecified atom stereocenters. The van der Waals surface area contributed by atoms with Crippen molar-refractivity contribution in [1.29, 1.82) is 0 Å². The van der Waals surface area contributed by atoms with Crippen LogP contribution in [0.15, 0.2) is 36.7 Å². The maximum absolute atomic E-state index is 13.5. The quantitative estimate of drug-likeness (QED) is 0.887. The topological polar surface area (TPSA) is 66.9 Å². The Morgan fingerprint density at radius 2 is 2.00 bits per heavy atom. The average molecular weight is 288 g/mol. The van der Waals surface area contributed by atoms with Gasteiger partial charge in [0.2, 0.25) is 0 Å². The Bertz CT molecular complexity index is 613. The van der Waals surface area contributed by atoms with Crippen LogP contribution in [0, 0.1) is 11.7 Å². The van der Waals surface area contributed by atoms with E-state index in [1.54, 1.807) is 18.2 Å². The van der Waals surface area contributed by atoms with Crippen molar-refractivity contribution >= 4 is 17.4 Å². The fourth-order valence-electron chi connectivity index (χ4n) is 1.60. The largest absolute Gasteiger partial charge is 0.350 e. The minimum atomic E-state index is -0.377. The molecule has 2 N–H and O–H groups in total. The molecule has 2 aromatic rings. The highest BCUT2D eigenvalue weighted by Gasteiger charge is 2.09. The standard InChI is InChI=1S/C15H17FN4O/c1-10(2)7-19-15(21)13-8-18-14(9-17-13)20-12-6-4-3-5-11(12)16/h3-6,8-10H,7H2,1-2H3,(H,18,20)(H,19,21). The van der Waals surface area contributed by atoms with Gasteiger partial charge >= 0.3 is 0 Å². The Morgan fingerprint density at radius 3 is 2.62 bits per heavy atom. The Labute approximate surface area is 122 Å². The van der Waals surface area contributed by atoms with Crippen molar-refractivity contribution in [1.82, 2.24) is 15.3 Å². The highest BCUT2D eigenvalue weighted by Crippen LogP contribution is 2.17. The zero-order valence-corrected chi connectivity index (χ0v) is 11.9. The van der Waals surface area contributed by atoms with Gasteiger partial charge in [-0.05, 0) is 18.1 Å². The molecule has 0 fully saturated rings. The fraction of sp³-hybridized carbons (Fsp3) is 0.267. The SMILES string of the molecule is CC(C)CNC(=O)c1cnc(Nc2ccccc2F)cn1.